The molecular formula is C22H22F5N3O2S. The van der Waals surface area contributed by atoms with E-state index < -0.39 is 54.7 Å². The zero-order valence-corrected chi connectivity index (χ0v) is 18.5. The third-order valence-electron chi connectivity index (χ3n) is 5.03. The quantitative estimate of drug-likeness (QED) is 0.456. The summed E-state index contributed by atoms with van der Waals surface area (Å²) in [5.41, 5.74) is -0.308. The van der Waals surface area contributed by atoms with Crippen LogP contribution >= 0.6 is 11.3 Å². The predicted molar refractivity (Wildman–Crippen MR) is 112 cm³/mol. The zero-order chi connectivity index (χ0) is 24.3. The number of alkyl halides is 4. The van der Waals surface area contributed by atoms with Gasteiger partial charge < -0.3 is 10.1 Å². The molecule has 1 aliphatic rings. The van der Waals surface area contributed by atoms with E-state index >= 15 is 0 Å². The van der Waals surface area contributed by atoms with Crippen LogP contribution in [0.15, 0.2) is 35.7 Å². The smallest absolute Gasteiger partial charge is 0.411 e. The molecule has 0 unspecified atom stereocenters. The second kappa shape index (κ2) is 9.65. The summed E-state index contributed by atoms with van der Waals surface area (Å²) in [7, 11) is 0. The van der Waals surface area contributed by atoms with Gasteiger partial charge in [-0.1, -0.05) is 12.1 Å². The summed E-state index contributed by atoms with van der Waals surface area (Å²) in [6.07, 6.45) is -4.99. The first-order valence-electron chi connectivity index (χ1n) is 10.1. The van der Waals surface area contributed by atoms with Crippen LogP contribution in [0.1, 0.15) is 30.4 Å². The highest BCUT2D eigenvalue weighted by atomic mass is 32.1. The molecule has 1 saturated carbocycles. The van der Waals surface area contributed by atoms with Gasteiger partial charge in [-0.15, -0.1) is 11.3 Å². The fraction of sp³-hybridized carbons (Fsp3) is 0.455. The van der Waals surface area contributed by atoms with E-state index in [-0.39, 0.29) is 10.6 Å². The number of halogens is 5. The Balaban J connectivity index is 1.69. The van der Waals surface area contributed by atoms with Gasteiger partial charge in [0.1, 0.15) is 17.9 Å². The average Bonchev–Trinajstić information content (AvgIpc) is 3.39. The molecule has 1 atom stereocenters. The van der Waals surface area contributed by atoms with E-state index in [9.17, 15) is 26.7 Å². The van der Waals surface area contributed by atoms with Gasteiger partial charge in [-0.2, -0.15) is 14.0 Å². The van der Waals surface area contributed by atoms with E-state index in [0.717, 1.165) is 29.0 Å². The van der Waals surface area contributed by atoms with Crippen molar-refractivity contribution in [1.29, 1.82) is 5.26 Å². The van der Waals surface area contributed by atoms with Gasteiger partial charge in [0, 0.05) is 12.8 Å². The number of hydrogen-bond acceptors (Lipinski definition) is 5. The van der Waals surface area contributed by atoms with Gasteiger partial charge in [-0.25, -0.2) is 13.2 Å². The first-order valence-corrected chi connectivity index (χ1v) is 11.0. The summed E-state index contributed by atoms with van der Waals surface area (Å²) < 4.78 is 75.7. The predicted octanol–water partition coefficient (Wildman–Crippen LogP) is 4.57. The van der Waals surface area contributed by atoms with E-state index in [1.54, 1.807) is 12.3 Å². The molecule has 2 N–H and O–H groups in total. The monoisotopic (exact) mass is 487 g/mol. The molecule has 3 rings (SSSR count). The summed E-state index contributed by atoms with van der Waals surface area (Å²) in [6.45, 7) is 0.500. The first kappa shape index (κ1) is 24.9. The molecule has 11 heteroatoms. The Bertz CT molecular complexity index is 1020. The minimum atomic E-state index is -3.77. The number of benzene rings is 1. The minimum absolute atomic E-state index is 0.0524. The number of thiophene rings is 1. The van der Waals surface area contributed by atoms with Crippen molar-refractivity contribution in [1.82, 2.24) is 10.6 Å². The number of nitriles is 1. The van der Waals surface area contributed by atoms with Gasteiger partial charge >= 0.3 is 6.11 Å². The summed E-state index contributed by atoms with van der Waals surface area (Å²) in [4.78, 5) is 12.6. The average molecular weight is 487 g/mol. The lowest BCUT2D eigenvalue weighted by Crippen LogP contribution is -2.53. The highest BCUT2D eigenvalue weighted by Gasteiger charge is 2.47. The number of amides is 1. The second-order valence-corrected chi connectivity index (χ2v) is 9.04. The Morgan fingerprint density at radius 1 is 1.27 bits per heavy atom. The van der Waals surface area contributed by atoms with Crippen molar-refractivity contribution >= 4 is 17.2 Å². The molecule has 1 amide bonds. The van der Waals surface area contributed by atoms with Crippen LogP contribution < -0.4 is 15.4 Å². The summed E-state index contributed by atoms with van der Waals surface area (Å²) in [6, 6.07) is 6.02. The molecule has 0 aliphatic heterocycles. The molecule has 0 radical (unpaired) electrons. The molecule has 33 heavy (non-hydrogen) atoms. The van der Waals surface area contributed by atoms with Crippen LogP contribution in [0.3, 0.4) is 0 Å². The number of aryl methyl sites for hydroxylation is 1. The number of hydrogen-bond donors (Lipinski definition) is 2. The van der Waals surface area contributed by atoms with Crippen LogP contribution in [0.25, 0.3) is 0 Å². The number of nitrogens with one attached hydrogen (secondary N) is 2. The van der Waals surface area contributed by atoms with Gasteiger partial charge in [0.05, 0.1) is 12.1 Å². The standard InChI is InChI=1S/C22H22F5N3O2S/c1-14-8-18(33-11-14)32-22(26,27)13-29-17(19(31)30-20(12-28)6-7-20)10-21(24,25)9-15-2-4-16(23)5-3-15/h2-5,8,11,17,29H,6-7,9-10,13H2,1H3,(H,30,31)/t17-/m0/s1. The van der Waals surface area contributed by atoms with Crippen LogP contribution in [-0.2, 0) is 11.2 Å². The van der Waals surface area contributed by atoms with E-state index in [1.807, 2.05) is 6.07 Å². The van der Waals surface area contributed by atoms with E-state index in [1.165, 1.54) is 18.2 Å². The third-order valence-corrected chi connectivity index (χ3v) is 5.96. The SMILES string of the molecule is Cc1csc(OC(F)(F)CN[C@@H](CC(F)(F)Cc2ccc(F)cc2)C(=O)NC2(C#N)CC2)c1. The lowest BCUT2D eigenvalue weighted by Gasteiger charge is -2.26. The number of carbonyl (C=O) groups excluding carboxylic acids is 1. The lowest BCUT2D eigenvalue weighted by molar-refractivity contribution is -0.172. The molecule has 0 saturated heterocycles. The summed E-state index contributed by atoms with van der Waals surface area (Å²) in [5.74, 6) is -5.04. The van der Waals surface area contributed by atoms with Crippen molar-refractivity contribution < 1.29 is 31.5 Å². The van der Waals surface area contributed by atoms with Crippen molar-refractivity contribution in [2.75, 3.05) is 6.54 Å². The normalized spacial score (nSPS) is 16.0. The molecule has 2 aromatic rings. The van der Waals surface area contributed by atoms with Crippen molar-refractivity contribution in [3.8, 4) is 11.1 Å². The van der Waals surface area contributed by atoms with Crippen molar-refractivity contribution in [2.24, 2.45) is 0 Å². The molecule has 5 nitrogen and oxygen atoms in total. The Kier molecular flexibility index (Phi) is 7.29. The molecule has 1 heterocycles. The van der Waals surface area contributed by atoms with Gasteiger partial charge in [0.2, 0.25) is 5.91 Å². The summed E-state index contributed by atoms with van der Waals surface area (Å²) >= 11 is 0.956. The highest BCUT2D eigenvalue weighted by Crippen LogP contribution is 2.35. The van der Waals surface area contributed by atoms with E-state index in [0.29, 0.717) is 12.8 Å². The molecular weight excluding hydrogens is 465 g/mol. The second-order valence-electron chi connectivity index (χ2n) is 8.16. The molecule has 178 valence electrons. The Labute approximate surface area is 191 Å². The first-order chi connectivity index (χ1) is 15.4. The van der Waals surface area contributed by atoms with Crippen molar-refractivity contribution in [3.63, 3.8) is 0 Å². The fourth-order valence-corrected chi connectivity index (χ4v) is 3.92. The van der Waals surface area contributed by atoms with Crippen LogP contribution in [0.2, 0.25) is 0 Å². The third kappa shape index (κ3) is 7.40. The van der Waals surface area contributed by atoms with Crippen molar-refractivity contribution in [3.05, 3.63) is 52.7 Å². The maximum Gasteiger partial charge on any atom is 0.411 e. The van der Waals surface area contributed by atoms with E-state index in [2.05, 4.69) is 15.4 Å². The van der Waals surface area contributed by atoms with Gasteiger partial charge in [-0.3, -0.25) is 10.1 Å². The Morgan fingerprint density at radius 3 is 2.48 bits per heavy atom. The summed E-state index contributed by atoms with van der Waals surface area (Å²) in [5, 5.41) is 15.3. The Morgan fingerprint density at radius 2 is 1.94 bits per heavy atom. The fourth-order valence-electron chi connectivity index (χ4n) is 3.13. The van der Waals surface area contributed by atoms with E-state index in [4.69, 9.17) is 5.26 Å². The zero-order valence-electron chi connectivity index (χ0n) is 17.6. The number of nitrogens with zero attached hydrogens (tertiary/aromatic N) is 1. The van der Waals surface area contributed by atoms with Gasteiger partial charge in [-0.05, 0) is 54.5 Å². The van der Waals surface area contributed by atoms with Crippen LogP contribution in [0, 0.1) is 24.1 Å². The number of carbonyl (C=O) groups is 1. The maximum absolute atomic E-state index is 14.7. The molecule has 1 aromatic heterocycles. The van der Waals surface area contributed by atoms with Gasteiger partial charge in [0.25, 0.3) is 5.92 Å². The van der Waals surface area contributed by atoms with Crippen LogP contribution in [-0.4, -0.2) is 36.1 Å². The minimum Gasteiger partial charge on any atom is -0.422 e. The molecule has 0 bridgehead atoms. The van der Waals surface area contributed by atoms with Gasteiger partial charge in [0.15, 0.2) is 5.06 Å². The number of rotatable bonds is 11. The van der Waals surface area contributed by atoms with Crippen LogP contribution in [0.5, 0.6) is 5.06 Å². The molecule has 1 aliphatic carbocycles. The Hall–Kier alpha value is -2.71. The topological polar surface area (TPSA) is 74.2 Å². The largest absolute Gasteiger partial charge is 0.422 e. The maximum atomic E-state index is 14.7. The van der Waals surface area contributed by atoms with Crippen LogP contribution in [0.4, 0.5) is 22.0 Å². The van der Waals surface area contributed by atoms with Crippen molar-refractivity contribution in [2.45, 2.75) is 56.2 Å². The highest BCUT2D eigenvalue weighted by molar-refractivity contribution is 7.12. The molecule has 0 spiro atoms. The number of ether oxygens (including phenoxy) is 1. The lowest BCUT2D eigenvalue weighted by atomic mass is 9.99. The molecule has 1 aromatic carbocycles. The molecule has 1 fully saturated rings.